The summed E-state index contributed by atoms with van der Waals surface area (Å²) in [6.45, 7) is 1.84. The SMILES string of the molecule is Cc1ccc(C(=O)Nc2ccon2)cc1NC(=O)c1cnn(-c2ccccc2)c1Br. The topological polar surface area (TPSA) is 102 Å². The summed E-state index contributed by atoms with van der Waals surface area (Å²) in [7, 11) is 0. The molecule has 0 bridgehead atoms. The van der Waals surface area contributed by atoms with Crippen molar-refractivity contribution < 1.29 is 14.1 Å². The van der Waals surface area contributed by atoms with Crippen molar-refractivity contribution >= 4 is 39.2 Å². The number of anilines is 2. The van der Waals surface area contributed by atoms with Crippen molar-refractivity contribution in [1.82, 2.24) is 14.9 Å². The smallest absolute Gasteiger partial charge is 0.260 e. The van der Waals surface area contributed by atoms with E-state index in [0.29, 0.717) is 27.2 Å². The van der Waals surface area contributed by atoms with E-state index in [-0.39, 0.29) is 11.8 Å². The normalized spacial score (nSPS) is 10.6. The first-order chi connectivity index (χ1) is 14.5. The van der Waals surface area contributed by atoms with Gasteiger partial charge in [0, 0.05) is 17.3 Å². The molecule has 0 atom stereocenters. The molecule has 0 saturated heterocycles. The van der Waals surface area contributed by atoms with Crippen LogP contribution >= 0.6 is 15.9 Å². The predicted molar refractivity (Wildman–Crippen MR) is 115 cm³/mol. The van der Waals surface area contributed by atoms with Crippen molar-refractivity contribution in [3.05, 3.63) is 88.4 Å². The Balaban J connectivity index is 1.55. The summed E-state index contributed by atoms with van der Waals surface area (Å²) in [6.07, 6.45) is 2.85. The Morgan fingerprint density at radius 3 is 2.57 bits per heavy atom. The highest BCUT2D eigenvalue weighted by molar-refractivity contribution is 9.10. The van der Waals surface area contributed by atoms with E-state index in [2.05, 4.69) is 36.8 Å². The molecule has 2 heterocycles. The van der Waals surface area contributed by atoms with Gasteiger partial charge >= 0.3 is 0 Å². The van der Waals surface area contributed by atoms with E-state index in [4.69, 9.17) is 4.52 Å². The van der Waals surface area contributed by atoms with Gasteiger partial charge in [-0.1, -0.05) is 29.4 Å². The molecule has 2 amide bonds. The fourth-order valence-electron chi connectivity index (χ4n) is 2.79. The average molecular weight is 466 g/mol. The van der Waals surface area contributed by atoms with Crippen LogP contribution in [0.1, 0.15) is 26.3 Å². The van der Waals surface area contributed by atoms with Gasteiger partial charge in [0.05, 0.1) is 17.4 Å². The minimum atomic E-state index is -0.363. The Bertz CT molecular complexity index is 1200. The van der Waals surface area contributed by atoms with Gasteiger partial charge in [0.1, 0.15) is 10.9 Å². The molecule has 2 aromatic carbocycles. The number of benzene rings is 2. The monoisotopic (exact) mass is 465 g/mol. The highest BCUT2D eigenvalue weighted by Gasteiger charge is 2.18. The molecule has 0 radical (unpaired) electrons. The van der Waals surface area contributed by atoms with E-state index >= 15 is 0 Å². The van der Waals surface area contributed by atoms with E-state index in [1.54, 1.807) is 22.9 Å². The quantitative estimate of drug-likeness (QED) is 0.453. The van der Waals surface area contributed by atoms with Crippen LogP contribution in [0.2, 0.25) is 0 Å². The standard InChI is InChI=1S/C21H16BrN5O3/c1-13-7-8-14(20(28)25-18-9-10-30-26-18)11-17(13)24-21(29)16-12-23-27(19(16)22)15-5-3-2-4-6-15/h2-12H,1H3,(H,24,29)(H,25,26,28). The fourth-order valence-corrected chi connectivity index (χ4v) is 3.37. The van der Waals surface area contributed by atoms with E-state index in [1.807, 2.05) is 37.3 Å². The Kier molecular flexibility index (Phi) is 5.44. The summed E-state index contributed by atoms with van der Waals surface area (Å²) in [4.78, 5) is 25.3. The molecule has 0 spiro atoms. The van der Waals surface area contributed by atoms with Crippen molar-refractivity contribution in [2.75, 3.05) is 10.6 Å². The number of amides is 2. The number of halogens is 1. The second kappa shape index (κ2) is 8.34. The fraction of sp³-hybridized carbons (Fsp3) is 0.0476. The Morgan fingerprint density at radius 1 is 1.03 bits per heavy atom. The Labute approximate surface area is 180 Å². The van der Waals surface area contributed by atoms with Crippen LogP contribution < -0.4 is 10.6 Å². The molecule has 9 heteroatoms. The van der Waals surface area contributed by atoms with E-state index in [9.17, 15) is 9.59 Å². The first-order valence-electron chi connectivity index (χ1n) is 8.95. The zero-order chi connectivity index (χ0) is 21.1. The van der Waals surface area contributed by atoms with Crippen LogP contribution in [-0.2, 0) is 0 Å². The number of hydrogen-bond acceptors (Lipinski definition) is 5. The number of para-hydroxylation sites is 1. The average Bonchev–Trinajstić information content (AvgIpc) is 3.39. The third-order valence-corrected chi connectivity index (χ3v) is 5.15. The van der Waals surface area contributed by atoms with Crippen molar-refractivity contribution in [3.8, 4) is 5.69 Å². The number of aryl methyl sites for hydroxylation is 1. The number of aromatic nitrogens is 3. The molecule has 30 heavy (non-hydrogen) atoms. The highest BCUT2D eigenvalue weighted by atomic mass is 79.9. The summed E-state index contributed by atoms with van der Waals surface area (Å²) in [6, 6.07) is 16.0. The third kappa shape index (κ3) is 4.01. The predicted octanol–water partition coefficient (Wildman–Crippen LogP) is 4.44. The van der Waals surface area contributed by atoms with Crippen LogP contribution in [-0.4, -0.2) is 26.8 Å². The largest absolute Gasteiger partial charge is 0.363 e. The molecule has 2 N–H and O–H groups in total. The van der Waals surface area contributed by atoms with Crippen molar-refractivity contribution in [3.63, 3.8) is 0 Å². The number of carbonyl (C=O) groups excluding carboxylic acids is 2. The van der Waals surface area contributed by atoms with Crippen LogP contribution in [0.15, 0.2) is 76.2 Å². The molecule has 0 aliphatic carbocycles. The van der Waals surface area contributed by atoms with E-state index in [1.165, 1.54) is 18.5 Å². The maximum absolute atomic E-state index is 12.9. The molecule has 4 rings (SSSR count). The van der Waals surface area contributed by atoms with Gasteiger partial charge in [0.2, 0.25) is 0 Å². The van der Waals surface area contributed by atoms with Gasteiger partial charge in [-0.05, 0) is 52.7 Å². The van der Waals surface area contributed by atoms with Crippen molar-refractivity contribution in [1.29, 1.82) is 0 Å². The van der Waals surface area contributed by atoms with Crippen LogP contribution in [0.5, 0.6) is 0 Å². The van der Waals surface area contributed by atoms with Crippen molar-refractivity contribution in [2.24, 2.45) is 0 Å². The lowest BCUT2D eigenvalue weighted by molar-refractivity contribution is 0.101. The second-order valence-corrected chi connectivity index (χ2v) is 7.17. The second-order valence-electron chi connectivity index (χ2n) is 6.42. The summed E-state index contributed by atoms with van der Waals surface area (Å²) in [5.41, 5.74) is 2.90. The molecular weight excluding hydrogens is 450 g/mol. The number of carbonyl (C=O) groups is 2. The zero-order valence-corrected chi connectivity index (χ0v) is 17.4. The Hall–Kier alpha value is -3.72. The molecule has 150 valence electrons. The lowest BCUT2D eigenvalue weighted by Gasteiger charge is -2.10. The summed E-state index contributed by atoms with van der Waals surface area (Å²) in [5, 5.41) is 13.4. The first kappa shape index (κ1) is 19.6. The molecule has 0 aliphatic heterocycles. The third-order valence-electron chi connectivity index (χ3n) is 4.38. The maximum Gasteiger partial charge on any atom is 0.260 e. The zero-order valence-electron chi connectivity index (χ0n) is 15.8. The summed E-state index contributed by atoms with van der Waals surface area (Å²) < 4.78 is 6.87. The molecule has 4 aromatic rings. The molecule has 0 unspecified atom stereocenters. The van der Waals surface area contributed by atoms with Crippen LogP contribution in [0.25, 0.3) is 5.69 Å². The molecule has 0 saturated carbocycles. The van der Waals surface area contributed by atoms with Gasteiger partial charge in [0.15, 0.2) is 5.82 Å². The first-order valence-corrected chi connectivity index (χ1v) is 9.75. The lowest BCUT2D eigenvalue weighted by atomic mass is 10.1. The highest BCUT2D eigenvalue weighted by Crippen LogP contribution is 2.24. The summed E-state index contributed by atoms with van der Waals surface area (Å²) >= 11 is 3.45. The van der Waals surface area contributed by atoms with Crippen LogP contribution in [0.4, 0.5) is 11.5 Å². The van der Waals surface area contributed by atoms with Gasteiger partial charge < -0.3 is 15.2 Å². The number of rotatable bonds is 5. The van der Waals surface area contributed by atoms with E-state index in [0.717, 1.165) is 11.3 Å². The number of nitrogens with zero attached hydrogens (tertiary/aromatic N) is 3. The van der Waals surface area contributed by atoms with Gasteiger partial charge in [-0.15, -0.1) is 0 Å². The maximum atomic E-state index is 12.9. The molecular formula is C21H16BrN5O3. The van der Waals surface area contributed by atoms with Gasteiger partial charge in [0.25, 0.3) is 11.8 Å². The van der Waals surface area contributed by atoms with Crippen LogP contribution in [0, 0.1) is 6.92 Å². The van der Waals surface area contributed by atoms with Crippen LogP contribution in [0.3, 0.4) is 0 Å². The molecule has 2 aromatic heterocycles. The number of hydrogen-bond donors (Lipinski definition) is 2. The molecule has 0 aliphatic rings. The van der Waals surface area contributed by atoms with Gasteiger partial charge in [-0.2, -0.15) is 5.10 Å². The molecule has 8 nitrogen and oxygen atoms in total. The van der Waals surface area contributed by atoms with Gasteiger partial charge in [-0.25, -0.2) is 4.68 Å². The molecule has 0 fully saturated rings. The van der Waals surface area contributed by atoms with E-state index < -0.39 is 0 Å². The minimum Gasteiger partial charge on any atom is -0.363 e. The summed E-state index contributed by atoms with van der Waals surface area (Å²) in [5.74, 6) is -0.401. The van der Waals surface area contributed by atoms with Gasteiger partial charge in [-0.3, -0.25) is 9.59 Å². The Morgan fingerprint density at radius 2 is 1.83 bits per heavy atom. The number of nitrogens with one attached hydrogen (secondary N) is 2. The minimum absolute atomic E-state index is 0.309. The lowest BCUT2D eigenvalue weighted by Crippen LogP contribution is -2.16. The van der Waals surface area contributed by atoms with Crippen molar-refractivity contribution in [2.45, 2.75) is 6.92 Å².